The van der Waals surface area contributed by atoms with Gasteiger partial charge in [0.2, 0.25) is 0 Å². The number of amides is 1. The number of rotatable bonds is 4. The van der Waals surface area contributed by atoms with Gasteiger partial charge < -0.3 is 15.2 Å². The first kappa shape index (κ1) is 16.8. The van der Waals surface area contributed by atoms with Crippen molar-refractivity contribution in [2.24, 2.45) is 0 Å². The smallest absolute Gasteiger partial charge is 0.337 e. The maximum atomic E-state index is 12.5. The van der Waals surface area contributed by atoms with Crippen molar-refractivity contribution >= 4 is 39.9 Å². The molecule has 3 aromatic rings. The molecule has 5 nitrogen and oxygen atoms in total. The summed E-state index contributed by atoms with van der Waals surface area (Å²) >= 11 is 5.96. The Morgan fingerprint density at radius 1 is 1.04 bits per heavy atom. The van der Waals surface area contributed by atoms with Crippen LogP contribution in [-0.2, 0) is 0 Å². The SMILES string of the molecule is COc1cc(NC(=O)c2ccc3ccccc3c2)c(C(=O)O)cc1Cl. The second-order valence-corrected chi connectivity index (χ2v) is 5.76. The van der Waals surface area contributed by atoms with Gasteiger partial charge in [-0.1, -0.05) is 41.9 Å². The molecule has 3 aromatic carbocycles. The fraction of sp³-hybridized carbons (Fsp3) is 0.0526. The Bertz CT molecular complexity index is 984. The number of fused-ring (bicyclic) bond motifs is 1. The summed E-state index contributed by atoms with van der Waals surface area (Å²) in [6, 6.07) is 15.6. The molecule has 0 aliphatic rings. The largest absolute Gasteiger partial charge is 0.495 e. The van der Waals surface area contributed by atoms with Crippen molar-refractivity contribution in [1.82, 2.24) is 0 Å². The van der Waals surface area contributed by atoms with Gasteiger partial charge in [-0.05, 0) is 29.0 Å². The van der Waals surface area contributed by atoms with Crippen molar-refractivity contribution in [2.75, 3.05) is 12.4 Å². The van der Waals surface area contributed by atoms with Crippen LogP contribution in [0.25, 0.3) is 10.8 Å². The third-order valence-corrected chi connectivity index (χ3v) is 4.08. The van der Waals surface area contributed by atoms with E-state index in [-0.39, 0.29) is 22.0 Å². The number of hydrogen-bond acceptors (Lipinski definition) is 3. The quantitative estimate of drug-likeness (QED) is 0.724. The lowest BCUT2D eigenvalue weighted by Gasteiger charge is -2.12. The van der Waals surface area contributed by atoms with Gasteiger partial charge in [-0.15, -0.1) is 0 Å². The van der Waals surface area contributed by atoms with Crippen LogP contribution in [0.2, 0.25) is 5.02 Å². The van der Waals surface area contributed by atoms with Gasteiger partial charge in [0, 0.05) is 11.6 Å². The molecule has 3 rings (SSSR count). The molecule has 0 aliphatic carbocycles. The van der Waals surface area contributed by atoms with Crippen LogP contribution in [0, 0.1) is 0 Å². The maximum Gasteiger partial charge on any atom is 0.337 e. The predicted molar refractivity (Wildman–Crippen MR) is 96.9 cm³/mol. The second-order valence-electron chi connectivity index (χ2n) is 5.35. The summed E-state index contributed by atoms with van der Waals surface area (Å²) in [4.78, 5) is 24.0. The van der Waals surface area contributed by atoms with E-state index in [0.29, 0.717) is 5.56 Å². The van der Waals surface area contributed by atoms with Crippen LogP contribution in [0.4, 0.5) is 5.69 Å². The van der Waals surface area contributed by atoms with Crippen LogP contribution in [0.3, 0.4) is 0 Å². The molecule has 1 amide bonds. The highest BCUT2D eigenvalue weighted by Gasteiger charge is 2.17. The molecule has 0 aromatic heterocycles. The van der Waals surface area contributed by atoms with Gasteiger partial charge in [0.1, 0.15) is 5.75 Å². The lowest BCUT2D eigenvalue weighted by Crippen LogP contribution is -2.15. The minimum atomic E-state index is -1.20. The molecule has 2 N–H and O–H groups in total. The van der Waals surface area contributed by atoms with E-state index in [1.165, 1.54) is 19.2 Å². The van der Waals surface area contributed by atoms with Crippen LogP contribution in [0.5, 0.6) is 5.75 Å². The minimum Gasteiger partial charge on any atom is -0.495 e. The number of carboxylic acid groups (broad SMARTS) is 1. The van der Waals surface area contributed by atoms with E-state index in [1.54, 1.807) is 12.1 Å². The Labute approximate surface area is 148 Å². The molecule has 0 saturated heterocycles. The number of halogens is 1. The highest BCUT2D eigenvalue weighted by molar-refractivity contribution is 6.32. The normalized spacial score (nSPS) is 10.5. The number of ether oxygens (including phenoxy) is 1. The van der Waals surface area contributed by atoms with Crippen LogP contribution in [-0.4, -0.2) is 24.1 Å². The Morgan fingerprint density at radius 2 is 1.76 bits per heavy atom. The molecule has 0 saturated carbocycles. The third-order valence-electron chi connectivity index (χ3n) is 3.78. The number of benzene rings is 3. The summed E-state index contributed by atoms with van der Waals surface area (Å²) < 4.78 is 5.09. The number of anilines is 1. The standard InChI is InChI=1S/C19H14ClNO4/c1-25-17-10-16(14(19(23)24)9-15(17)20)21-18(22)13-7-6-11-4-2-3-5-12(11)8-13/h2-10H,1H3,(H,21,22)(H,23,24). The summed E-state index contributed by atoms with van der Waals surface area (Å²) in [7, 11) is 1.41. The predicted octanol–water partition coefficient (Wildman–Crippen LogP) is 4.45. The first-order valence-corrected chi connectivity index (χ1v) is 7.78. The molecule has 0 spiro atoms. The van der Waals surface area contributed by atoms with Gasteiger partial charge in [0.05, 0.1) is 23.4 Å². The Morgan fingerprint density at radius 3 is 2.44 bits per heavy atom. The molecule has 0 fully saturated rings. The van der Waals surface area contributed by atoms with Crippen LogP contribution >= 0.6 is 11.6 Å². The molecule has 0 heterocycles. The third kappa shape index (κ3) is 3.41. The van der Waals surface area contributed by atoms with Crippen LogP contribution < -0.4 is 10.1 Å². The van der Waals surface area contributed by atoms with Gasteiger partial charge >= 0.3 is 5.97 Å². The van der Waals surface area contributed by atoms with E-state index in [2.05, 4.69) is 5.32 Å². The zero-order valence-corrected chi connectivity index (χ0v) is 14.0. The highest BCUT2D eigenvalue weighted by atomic mass is 35.5. The fourth-order valence-corrected chi connectivity index (χ4v) is 2.76. The van der Waals surface area contributed by atoms with Crippen LogP contribution in [0.1, 0.15) is 20.7 Å². The number of carbonyl (C=O) groups is 2. The molecule has 6 heteroatoms. The fourth-order valence-electron chi connectivity index (χ4n) is 2.52. The van der Waals surface area contributed by atoms with E-state index < -0.39 is 11.9 Å². The van der Waals surface area contributed by atoms with E-state index in [1.807, 2.05) is 30.3 Å². The molecule has 0 radical (unpaired) electrons. The summed E-state index contributed by atoms with van der Waals surface area (Å²) in [6.07, 6.45) is 0. The van der Waals surface area contributed by atoms with E-state index in [0.717, 1.165) is 10.8 Å². The monoisotopic (exact) mass is 355 g/mol. The molecular formula is C19H14ClNO4. The van der Waals surface area contributed by atoms with E-state index >= 15 is 0 Å². The number of carbonyl (C=O) groups excluding carboxylic acids is 1. The number of hydrogen-bond donors (Lipinski definition) is 2. The molecule has 25 heavy (non-hydrogen) atoms. The minimum absolute atomic E-state index is 0.111. The first-order chi connectivity index (χ1) is 12.0. The maximum absolute atomic E-state index is 12.5. The van der Waals surface area contributed by atoms with Crippen molar-refractivity contribution < 1.29 is 19.4 Å². The molecule has 0 aliphatic heterocycles. The van der Waals surface area contributed by atoms with Gasteiger partial charge in [-0.25, -0.2) is 4.79 Å². The van der Waals surface area contributed by atoms with Crippen molar-refractivity contribution in [1.29, 1.82) is 0 Å². The summed E-state index contributed by atoms with van der Waals surface area (Å²) in [5.41, 5.74) is 0.427. The van der Waals surface area contributed by atoms with Crippen molar-refractivity contribution in [3.8, 4) is 5.75 Å². The molecule has 0 unspecified atom stereocenters. The van der Waals surface area contributed by atoms with Crippen LogP contribution in [0.15, 0.2) is 54.6 Å². The van der Waals surface area contributed by atoms with E-state index in [9.17, 15) is 14.7 Å². The topological polar surface area (TPSA) is 75.6 Å². The molecule has 126 valence electrons. The van der Waals surface area contributed by atoms with E-state index in [4.69, 9.17) is 16.3 Å². The highest BCUT2D eigenvalue weighted by Crippen LogP contribution is 2.31. The van der Waals surface area contributed by atoms with Gasteiger partial charge in [-0.2, -0.15) is 0 Å². The lowest BCUT2D eigenvalue weighted by atomic mass is 10.1. The van der Waals surface area contributed by atoms with Crippen molar-refractivity contribution in [3.05, 3.63) is 70.7 Å². The Hall–Kier alpha value is -3.05. The van der Waals surface area contributed by atoms with Gasteiger partial charge in [0.15, 0.2) is 0 Å². The molecule has 0 atom stereocenters. The number of nitrogens with one attached hydrogen (secondary N) is 1. The first-order valence-electron chi connectivity index (χ1n) is 7.40. The lowest BCUT2D eigenvalue weighted by molar-refractivity contribution is 0.0698. The molecule has 0 bridgehead atoms. The molecular weight excluding hydrogens is 342 g/mol. The summed E-state index contributed by atoms with van der Waals surface area (Å²) in [5, 5.41) is 14.0. The number of aromatic carboxylic acids is 1. The summed E-state index contributed by atoms with van der Waals surface area (Å²) in [6.45, 7) is 0. The van der Waals surface area contributed by atoms with Gasteiger partial charge in [0.25, 0.3) is 5.91 Å². The second kappa shape index (κ2) is 6.83. The average Bonchev–Trinajstić information content (AvgIpc) is 2.62. The zero-order chi connectivity index (χ0) is 18.0. The van der Waals surface area contributed by atoms with Gasteiger partial charge in [-0.3, -0.25) is 4.79 Å². The Kier molecular flexibility index (Phi) is 4.59. The number of carboxylic acids is 1. The number of methoxy groups -OCH3 is 1. The Balaban J connectivity index is 1.97. The van der Waals surface area contributed by atoms with Crippen molar-refractivity contribution in [2.45, 2.75) is 0 Å². The summed E-state index contributed by atoms with van der Waals surface area (Å²) in [5.74, 6) is -1.34. The zero-order valence-electron chi connectivity index (χ0n) is 13.2. The van der Waals surface area contributed by atoms with Crippen molar-refractivity contribution in [3.63, 3.8) is 0 Å². The average molecular weight is 356 g/mol.